The van der Waals surface area contributed by atoms with Gasteiger partial charge in [-0.15, -0.1) is 0 Å². The van der Waals surface area contributed by atoms with Gasteiger partial charge in [-0.3, -0.25) is 4.68 Å². The number of hydrogen-bond donors (Lipinski definition) is 1. The van der Waals surface area contributed by atoms with Gasteiger partial charge in [0.2, 0.25) is 0 Å². The van der Waals surface area contributed by atoms with Gasteiger partial charge in [-0.05, 0) is 19.1 Å². The van der Waals surface area contributed by atoms with E-state index in [0.29, 0.717) is 0 Å². The predicted octanol–water partition coefficient (Wildman–Crippen LogP) is 3.19. The Labute approximate surface area is 120 Å². The SMILES string of the molecule is CCn1cc(C2CC(N)c3ccc(Br)cc3O2)cn1. The summed E-state index contributed by atoms with van der Waals surface area (Å²) in [5, 5.41) is 4.30. The molecule has 2 aromatic rings. The highest BCUT2D eigenvalue weighted by Gasteiger charge is 2.27. The van der Waals surface area contributed by atoms with Gasteiger partial charge in [0.1, 0.15) is 11.9 Å². The van der Waals surface area contributed by atoms with E-state index in [1.807, 2.05) is 35.3 Å². The van der Waals surface area contributed by atoms with Crippen LogP contribution in [0.1, 0.15) is 36.6 Å². The maximum Gasteiger partial charge on any atom is 0.129 e. The molecule has 2 atom stereocenters. The number of benzene rings is 1. The number of hydrogen-bond acceptors (Lipinski definition) is 3. The van der Waals surface area contributed by atoms with Crippen LogP contribution in [0.2, 0.25) is 0 Å². The number of nitrogens with two attached hydrogens (primary N) is 1. The summed E-state index contributed by atoms with van der Waals surface area (Å²) >= 11 is 3.46. The molecule has 1 aromatic heterocycles. The third kappa shape index (κ3) is 2.40. The lowest BCUT2D eigenvalue weighted by atomic mass is 9.95. The summed E-state index contributed by atoms with van der Waals surface area (Å²) in [5.41, 5.74) is 8.40. The zero-order valence-corrected chi connectivity index (χ0v) is 12.3. The molecule has 5 heteroatoms. The average molecular weight is 322 g/mol. The normalized spacial score (nSPS) is 21.8. The van der Waals surface area contributed by atoms with Crippen LogP contribution in [0.3, 0.4) is 0 Å². The molecule has 0 aliphatic carbocycles. The summed E-state index contributed by atoms with van der Waals surface area (Å²) in [6.07, 6.45) is 4.66. The minimum Gasteiger partial charge on any atom is -0.485 e. The van der Waals surface area contributed by atoms with Gasteiger partial charge < -0.3 is 10.5 Å². The Hall–Kier alpha value is -1.33. The Balaban J connectivity index is 1.91. The van der Waals surface area contributed by atoms with Crippen molar-refractivity contribution in [2.24, 2.45) is 5.73 Å². The predicted molar refractivity (Wildman–Crippen MR) is 77.0 cm³/mol. The van der Waals surface area contributed by atoms with E-state index >= 15 is 0 Å². The molecule has 0 spiro atoms. The number of rotatable bonds is 2. The van der Waals surface area contributed by atoms with Crippen LogP contribution in [0.25, 0.3) is 0 Å². The van der Waals surface area contributed by atoms with Gasteiger partial charge in [-0.1, -0.05) is 22.0 Å². The Morgan fingerprint density at radius 3 is 3.11 bits per heavy atom. The van der Waals surface area contributed by atoms with Crippen molar-refractivity contribution in [2.45, 2.75) is 32.0 Å². The molecule has 2 heterocycles. The van der Waals surface area contributed by atoms with Crippen molar-refractivity contribution in [3.05, 3.63) is 46.2 Å². The molecule has 0 fully saturated rings. The third-order valence-corrected chi connectivity index (χ3v) is 3.95. The largest absolute Gasteiger partial charge is 0.485 e. The lowest BCUT2D eigenvalue weighted by Gasteiger charge is -2.29. The fourth-order valence-electron chi connectivity index (χ4n) is 2.40. The fraction of sp³-hybridized carbons (Fsp3) is 0.357. The molecule has 3 rings (SSSR count). The molecule has 19 heavy (non-hydrogen) atoms. The molecule has 100 valence electrons. The number of aryl methyl sites for hydroxylation is 1. The van der Waals surface area contributed by atoms with Gasteiger partial charge in [0, 0.05) is 40.8 Å². The maximum atomic E-state index is 6.24. The van der Waals surface area contributed by atoms with Gasteiger partial charge in [0.05, 0.1) is 6.20 Å². The van der Waals surface area contributed by atoms with Gasteiger partial charge in [-0.25, -0.2) is 0 Å². The van der Waals surface area contributed by atoms with Crippen LogP contribution in [0.15, 0.2) is 35.1 Å². The number of ether oxygens (including phenoxy) is 1. The smallest absolute Gasteiger partial charge is 0.129 e. The Bertz CT molecular complexity index is 596. The molecule has 0 radical (unpaired) electrons. The van der Waals surface area contributed by atoms with E-state index in [1.165, 1.54) is 0 Å². The minimum absolute atomic E-state index is 0.00632. The van der Waals surface area contributed by atoms with Crippen LogP contribution in [0.4, 0.5) is 0 Å². The van der Waals surface area contributed by atoms with Gasteiger partial charge in [0.25, 0.3) is 0 Å². The van der Waals surface area contributed by atoms with E-state index in [0.717, 1.165) is 34.3 Å². The van der Waals surface area contributed by atoms with Crippen LogP contribution in [0.5, 0.6) is 5.75 Å². The van der Waals surface area contributed by atoms with Crippen LogP contribution < -0.4 is 10.5 Å². The minimum atomic E-state index is -0.0166. The Morgan fingerprint density at radius 1 is 1.53 bits per heavy atom. The zero-order valence-electron chi connectivity index (χ0n) is 10.7. The summed E-state index contributed by atoms with van der Waals surface area (Å²) in [5.74, 6) is 0.863. The second-order valence-electron chi connectivity index (χ2n) is 4.76. The highest BCUT2D eigenvalue weighted by Crippen LogP contribution is 2.40. The standard InChI is InChI=1S/C14H16BrN3O/c1-2-18-8-9(7-17-18)13-6-12(16)11-4-3-10(15)5-14(11)19-13/h3-5,7-8,12-13H,2,6,16H2,1H3. The fourth-order valence-corrected chi connectivity index (χ4v) is 2.74. The van der Waals surface area contributed by atoms with Crippen molar-refractivity contribution in [2.75, 3.05) is 0 Å². The second-order valence-corrected chi connectivity index (χ2v) is 5.68. The first-order valence-corrected chi connectivity index (χ1v) is 7.20. The zero-order chi connectivity index (χ0) is 13.4. The summed E-state index contributed by atoms with van der Waals surface area (Å²) in [7, 11) is 0. The van der Waals surface area contributed by atoms with Crippen LogP contribution in [-0.4, -0.2) is 9.78 Å². The maximum absolute atomic E-state index is 6.24. The second kappa shape index (κ2) is 4.98. The van der Waals surface area contributed by atoms with E-state index in [2.05, 4.69) is 28.0 Å². The lowest BCUT2D eigenvalue weighted by molar-refractivity contribution is 0.161. The molecule has 0 saturated heterocycles. The van der Waals surface area contributed by atoms with Crippen molar-refractivity contribution in [1.29, 1.82) is 0 Å². The first kappa shape index (κ1) is 12.7. The topological polar surface area (TPSA) is 53.1 Å². The van der Waals surface area contributed by atoms with Crippen molar-refractivity contribution in [3.8, 4) is 5.75 Å². The van der Waals surface area contributed by atoms with E-state index in [1.54, 1.807) is 0 Å². The molecular formula is C14H16BrN3O. The van der Waals surface area contributed by atoms with Crippen molar-refractivity contribution in [1.82, 2.24) is 9.78 Å². The Morgan fingerprint density at radius 2 is 2.37 bits per heavy atom. The number of aromatic nitrogens is 2. The van der Waals surface area contributed by atoms with Gasteiger partial charge >= 0.3 is 0 Å². The van der Waals surface area contributed by atoms with Gasteiger partial charge in [0.15, 0.2) is 0 Å². The molecule has 1 aromatic carbocycles. The van der Waals surface area contributed by atoms with E-state index < -0.39 is 0 Å². The highest BCUT2D eigenvalue weighted by molar-refractivity contribution is 9.10. The van der Waals surface area contributed by atoms with Crippen molar-refractivity contribution < 1.29 is 4.74 Å². The Kier molecular flexibility index (Phi) is 3.33. The molecular weight excluding hydrogens is 306 g/mol. The monoisotopic (exact) mass is 321 g/mol. The summed E-state index contributed by atoms with van der Waals surface area (Å²) in [6, 6.07) is 6.01. The van der Waals surface area contributed by atoms with E-state index in [9.17, 15) is 0 Å². The molecule has 1 aliphatic rings. The molecule has 4 nitrogen and oxygen atoms in total. The molecule has 0 amide bonds. The quantitative estimate of drug-likeness (QED) is 0.924. The summed E-state index contributed by atoms with van der Waals surface area (Å²) in [4.78, 5) is 0. The average Bonchev–Trinajstić information content (AvgIpc) is 2.86. The molecule has 2 unspecified atom stereocenters. The summed E-state index contributed by atoms with van der Waals surface area (Å²) < 4.78 is 8.97. The van der Waals surface area contributed by atoms with Crippen LogP contribution in [-0.2, 0) is 6.54 Å². The third-order valence-electron chi connectivity index (χ3n) is 3.46. The van der Waals surface area contributed by atoms with Crippen molar-refractivity contribution >= 4 is 15.9 Å². The van der Waals surface area contributed by atoms with Gasteiger partial charge in [-0.2, -0.15) is 5.10 Å². The lowest BCUT2D eigenvalue weighted by Crippen LogP contribution is -2.23. The van der Waals surface area contributed by atoms with E-state index in [-0.39, 0.29) is 12.1 Å². The number of fused-ring (bicyclic) bond motifs is 1. The number of halogens is 1. The van der Waals surface area contributed by atoms with E-state index in [4.69, 9.17) is 10.5 Å². The summed E-state index contributed by atoms with van der Waals surface area (Å²) in [6.45, 7) is 2.93. The van der Waals surface area contributed by atoms with Crippen LogP contribution >= 0.6 is 15.9 Å². The highest BCUT2D eigenvalue weighted by atomic mass is 79.9. The first-order valence-electron chi connectivity index (χ1n) is 6.41. The van der Waals surface area contributed by atoms with Crippen molar-refractivity contribution in [3.63, 3.8) is 0 Å². The first-order chi connectivity index (χ1) is 9.17. The molecule has 2 N–H and O–H groups in total. The number of nitrogens with zero attached hydrogens (tertiary/aromatic N) is 2. The molecule has 0 saturated carbocycles. The molecule has 0 bridgehead atoms. The van der Waals surface area contributed by atoms with Crippen LogP contribution in [0, 0.1) is 0 Å². The molecule has 1 aliphatic heterocycles.